The highest BCUT2D eigenvalue weighted by atomic mass is 16.7. The molecule has 10 heteroatoms. The molecule has 1 aromatic carbocycles. The number of ether oxygens (including phenoxy) is 1. The summed E-state index contributed by atoms with van der Waals surface area (Å²) in [5.74, 6) is 0.358. The van der Waals surface area contributed by atoms with Crippen LogP contribution in [-0.2, 0) is 22.5 Å². The SMILES string of the molecule is COC(=O)[C@H](Cc1ccccc1)N1CN/C(=N\[N+](=O)[O-])N(Cc2ccco2)C1. The normalized spacial score (nSPS) is 17.2. The number of esters is 1. The number of benzene rings is 1. The minimum atomic E-state index is -0.755. The van der Waals surface area contributed by atoms with Crippen molar-refractivity contribution in [2.24, 2.45) is 5.10 Å². The number of nitro groups is 1. The van der Waals surface area contributed by atoms with E-state index in [1.165, 1.54) is 13.4 Å². The molecule has 0 amide bonds. The number of hydrogen-bond acceptors (Lipinski definition) is 6. The first-order valence-corrected chi connectivity index (χ1v) is 8.67. The lowest BCUT2D eigenvalue weighted by Gasteiger charge is -2.39. The first kappa shape index (κ1) is 19.4. The first-order valence-electron chi connectivity index (χ1n) is 8.67. The number of carbonyl (C=O) groups is 1. The number of guanidine groups is 1. The second-order valence-electron chi connectivity index (χ2n) is 6.23. The average molecular weight is 387 g/mol. The zero-order chi connectivity index (χ0) is 19.9. The molecule has 28 heavy (non-hydrogen) atoms. The predicted molar refractivity (Wildman–Crippen MR) is 99.3 cm³/mol. The summed E-state index contributed by atoms with van der Waals surface area (Å²) in [7, 11) is 1.35. The van der Waals surface area contributed by atoms with E-state index in [9.17, 15) is 14.9 Å². The summed E-state index contributed by atoms with van der Waals surface area (Å²) in [6.45, 7) is 0.726. The molecule has 1 aliphatic rings. The fourth-order valence-electron chi connectivity index (χ4n) is 3.06. The van der Waals surface area contributed by atoms with Crippen LogP contribution < -0.4 is 5.32 Å². The van der Waals surface area contributed by atoms with Crippen molar-refractivity contribution in [2.75, 3.05) is 20.4 Å². The zero-order valence-corrected chi connectivity index (χ0v) is 15.4. The molecule has 0 unspecified atom stereocenters. The van der Waals surface area contributed by atoms with Crippen molar-refractivity contribution >= 4 is 11.9 Å². The van der Waals surface area contributed by atoms with E-state index < -0.39 is 11.1 Å². The molecule has 10 nitrogen and oxygen atoms in total. The maximum atomic E-state index is 12.4. The zero-order valence-electron chi connectivity index (χ0n) is 15.4. The number of nitrogens with zero attached hydrogens (tertiary/aromatic N) is 4. The molecule has 1 fully saturated rings. The van der Waals surface area contributed by atoms with Crippen LogP contribution in [0.3, 0.4) is 0 Å². The van der Waals surface area contributed by atoms with Crippen LogP contribution in [0, 0.1) is 10.1 Å². The van der Waals surface area contributed by atoms with Crippen LogP contribution in [0.15, 0.2) is 58.2 Å². The summed E-state index contributed by atoms with van der Waals surface area (Å²) in [5, 5.41) is 16.4. The highest BCUT2D eigenvalue weighted by Gasteiger charge is 2.34. The van der Waals surface area contributed by atoms with Crippen molar-refractivity contribution < 1.29 is 19.0 Å². The van der Waals surface area contributed by atoms with Crippen LogP contribution in [0.5, 0.6) is 0 Å². The number of methoxy groups -OCH3 is 1. The van der Waals surface area contributed by atoms with Gasteiger partial charge in [0.05, 0.1) is 33.3 Å². The van der Waals surface area contributed by atoms with Crippen LogP contribution in [0.25, 0.3) is 0 Å². The van der Waals surface area contributed by atoms with Gasteiger partial charge in [-0.05, 0) is 24.1 Å². The molecule has 0 radical (unpaired) electrons. The van der Waals surface area contributed by atoms with Crippen LogP contribution in [0.2, 0.25) is 0 Å². The maximum Gasteiger partial charge on any atom is 0.323 e. The van der Waals surface area contributed by atoms with E-state index >= 15 is 0 Å². The Bertz CT molecular complexity index is 824. The number of furan rings is 1. The van der Waals surface area contributed by atoms with E-state index in [4.69, 9.17) is 9.15 Å². The molecule has 0 aliphatic carbocycles. The number of rotatable bonds is 7. The van der Waals surface area contributed by atoms with Gasteiger partial charge in [0.25, 0.3) is 5.96 Å². The fraction of sp³-hybridized carbons (Fsp3) is 0.333. The van der Waals surface area contributed by atoms with E-state index in [0.29, 0.717) is 12.2 Å². The van der Waals surface area contributed by atoms with Crippen molar-refractivity contribution in [2.45, 2.75) is 19.0 Å². The van der Waals surface area contributed by atoms with Gasteiger partial charge in [0, 0.05) is 0 Å². The minimum Gasteiger partial charge on any atom is -0.468 e. The highest BCUT2D eigenvalue weighted by Crippen LogP contribution is 2.16. The van der Waals surface area contributed by atoms with Crippen molar-refractivity contribution in [3.05, 3.63) is 70.2 Å². The van der Waals surface area contributed by atoms with E-state index in [0.717, 1.165) is 5.56 Å². The third-order valence-corrected chi connectivity index (χ3v) is 4.38. The van der Waals surface area contributed by atoms with Gasteiger partial charge in [-0.1, -0.05) is 30.3 Å². The van der Waals surface area contributed by atoms with Crippen LogP contribution in [0.1, 0.15) is 11.3 Å². The van der Waals surface area contributed by atoms with Gasteiger partial charge < -0.3 is 19.4 Å². The van der Waals surface area contributed by atoms with E-state index in [2.05, 4.69) is 10.4 Å². The third-order valence-electron chi connectivity index (χ3n) is 4.38. The van der Waals surface area contributed by atoms with Gasteiger partial charge in [0.15, 0.2) is 5.03 Å². The van der Waals surface area contributed by atoms with Gasteiger partial charge in [0.1, 0.15) is 16.9 Å². The summed E-state index contributed by atoms with van der Waals surface area (Å²) in [4.78, 5) is 26.8. The van der Waals surface area contributed by atoms with Gasteiger partial charge in [0.2, 0.25) is 0 Å². The average Bonchev–Trinajstić information content (AvgIpc) is 3.20. The Morgan fingerprint density at radius 1 is 1.36 bits per heavy atom. The van der Waals surface area contributed by atoms with Gasteiger partial charge in [-0.3, -0.25) is 9.69 Å². The summed E-state index contributed by atoms with van der Waals surface area (Å²) in [6.07, 6.45) is 1.98. The lowest BCUT2D eigenvalue weighted by molar-refractivity contribution is -0.486. The van der Waals surface area contributed by atoms with Crippen molar-refractivity contribution in [3.63, 3.8) is 0 Å². The smallest absolute Gasteiger partial charge is 0.323 e. The fourth-order valence-corrected chi connectivity index (χ4v) is 3.06. The third kappa shape index (κ3) is 4.86. The molecule has 2 aromatic rings. The van der Waals surface area contributed by atoms with Crippen LogP contribution in [0.4, 0.5) is 0 Å². The standard InChI is InChI=1S/C18H21N5O5/c1-27-17(24)16(10-14-6-3-2-4-7-14)22-12-19-18(20-23(25)26)21(13-22)11-15-8-5-9-28-15/h2-9,16H,10-13H2,1H3,(H,19,20)/t16-/m0/s1. The quantitative estimate of drug-likeness (QED) is 0.429. The number of hydrogen-bond donors (Lipinski definition) is 1. The van der Waals surface area contributed by atoms with Gasteiger partial charge >= 0.3 is 5.97 Å². The second-order valence-corrected chi connectivity index (χ2v) is 6.23. The van der Waals surface area contributed by atoms with Crippen LogP contribution >= 0.6 is 0 Å². The van der Waals surface area contributed by atoms with E-state index in [-0.39, 0.29) is 31.8 Å². The molecule has 0 bridgehead atoms. The molecule has 1 aromatic heterocycles. The minimum absolute atomic E-state index is 0.112. The van der Waals surface area contributed by atoms with Gasteiger partial charge in [-0.15, -0.1) is 0 Å². The Morgan fingerprint density at radius 2 is 2.14 bits per heavy atom. The summed E-state index contributed by atoms with van der Waals surface area (Å²) < 4.78 is 10.3. The molecule has 148 valence electrons. The van der Waals surface area contributed by atoms with Gasteiger partial charge in [-0.2, -0.15) is 0 Å². The molecule has 1 saturated heterocycles. The Morgan fingerprint density at radius 3 is 2.79 bits per heavy atom. The Balaban J connectivity index is 1.81. The molecular weight excluding hydrogens is 366 g/mol. The number of hydrazone groups is 1. The Labute approximate surface area is 161 Å². The van der Waals surface area contributed by atoms with Crippen molar-refractivity contribution in [1.29, 1.82) is 0 Å². The first-order chi connectivity index (χ1) is 13.6. The van der Waals surface area contributed by atoms with Crippen molar-refractivity contribution in [3.8, 4) is 0 Å². The summed E-state index contributed by atoms with van der Waals surface area (Å²) in [5.41, 5.74) is 0.986. The molecule has 0 spiro atoms. The van der Waals surface area contributed by atoms with Gasteiger partial charge in [-0.25, -0.2) is 10.1 Å². The lowest BCUT2D eigenvalue weighted by Crippen LogP contribution is -2.61. The number of carbonyl (C=O) groups excluding carboxylic acids is 1. The number of nitrogens with one attached hydrogen (secondary N) is 1. The maximum absolute atomic E-state index is 12.4. The van der Waals surface area contributed by atoms with Crippen LogP contribution in [-0.4, -0.2) is 53.3 Å². The molecule has 1 atom stereocenters. The molecule has 0 saturated carbocycles. The predicted octanol–water partition coefficient (Wildman–Crippen LogP) is 1.23. The summed E-state index contributed by atoms with van der Waals surface area (Å²) >= 11 is 0. The van der Waals surface area contributed by atoms with E-state index in [1.807, 2.05) is 35.2 Å². The largest absolute Gasteiger partial charge is 0.468 e. The highest BCUT2D eigenvalue weighted by molar-refractivity contribution is 5.80. The molecule has 3 rings (SSSR count). The molecule has 1 N–H and O–H groups in total. The van der Waals surface area contributed by atoms with Crippen molar-refractivity contribution in [1.82, 2.24) is 15.1 Å². The summed E-state index contributed by atoms with van der Waals surface area (Å²) in [6, 6.07) is 12.5. The topological polar surface area (TPSA) is 113 Å². The molecule has 2 heterocycles. The monoisotopic (exact) mass is 387 g/mol. The Kier molecular flexibility index (Phi) is 6.22. The molecular formula is C18H21N5O5. The van der Waals surface area contributed by atoms with E-state index in [1.54, 1.807) is 17.0 Å². The molecule has 1 aliphatic heterocycles. The Hall–Kier alpha value is -3.40. The second kappa shape index (κ2) is 9.00. The lowest BCUT2D eigenvalue weighted by atomic mass is 10.0.